The van der Waals surface area contributed by atoms with Crippen LogP contribution in [0.25, 0.3) is 0 Å². The third kappa shape index (κ3) is 4.47. The molecule has 2 aromatic carbocycles. The van der Waals surface area contributed by atoms with Gasteiger partial charge in [-0.25, -0.2) is 0 Å². The molecule has 0 atom stereocenters. The number of carbonyl (C=O) groups excluding carboxylic acids is 1. The molecule has 0 aliphatic heterocycles. The van der Waals surface area contributed by atoms with Crippen LogP contribution in [0.3, 0.4) is 0 Å². The Bertz CT molecular complexity index is 753. The summed E-state index contributed by atoms with van der Waals surface area (Å²) >= 11 is 0. The highest BCUT2D eigenvalue weighted by Crippen LogP contribution is 2.24. The van der Waals surface area contributed by atoms with E-state index >= 15 is 0 Å². The number of ketones is 1. The number of Topliss-reactive ketones (excluding diaryl/α,β-unsaturated/α-hetero) is 1. The zero-order valence-corrected chi connectivity index (χ0v) is 13.8. The fourth-order valence-corrected chi connectivity index (χ4v) is 2.45. The minimum atomic E-state index is -2.85. The summed E-state index contributed by atoms with van der Waals surface area (Å²) in [6.07, 6.45) is 1.91. The van der Waals surface area contributed by atoms with E-state index in [1.165, 1.54) is 12.1 Å². The second-order valence-electron chi connectivity index (χ2n) is 5.46. The summed E-state index contributed by atoms with van der Waals surface area (Å²) in [5, 5.41) is 0. The van der Waals surface area contributed by atoms with Crippen molar-refractivity contribution in [1.29, 1.82) is 0 Å². The third-order valence-electron chi connectivity index (χ3n) is 3.62. The molecule has 0 saturated heterocycles. The number of rotatable bonds is 6. The van der Waals surface area contributed by atoms with Gasteiger partial charge in [-0.1, -0.05) is 12.1 Å². The summed E-state index contributed by atoms with van der Waals surface area (Å²) in [5.41, 5.74) is 4.04. The number of aryl methyl sites for hydroxylation is 2. The molecule has 0 bridgehead atoms. The molecule has 0 aliphatic rings. The van der Waals surface area contributed by atoms with Crippen LogP contribution >= 0.6 is 0 Å². The quantitative estimate of drug-likeness (QED) is 0.548. The van der Waals surface area contributed by atoms with E-state index in [4.69, 9.17) is 0 Å². The summed E-state index contributed by atoms with van der Waals surface area (Å²) in [6, 6.07) is 9.84. The van der Waals surface area contributed by atoms with Gasteiger partial charge in [0.05, 0.1) is 5.69 Å². The Morgan fingerprint density at radius 2 is 1.83 bits per heavy atom. The molecular formula is C19H19F2NO2. The molecule has 0 aromatic heterocycles. The molecule has 0 amide bonds. The fourth-order valence-electron chi connectivity index (χ4n) is 2.45. The van der Waals surface area contributed by atoms with Gasteiger partial charge in [0, 0.05) is 18.2 Å². The molecule has 0 fully saturated rings. The zero-order valence-electron chi connectivity index (χ0n) is 13.8. The Morgan fingerprint density at radius 1 is 1.17 bits per heavy atom. The molecule has 126 valence electrons. The van der Waals surface area contributed by atoms with Gasteiger partial charge < -0.3 is 4.74 Å². The molecule has 3 nitrogen and oxygen atoms in total. The lowest BCUT2D eigenvalue weighted by Gasteiger charge is -2.10. The van der Waals surface area contributed by atoms with Crippen LogP contribution in [0.2, 0.25) is 0 Å². The Hall–Kier alpha value is -2.56. The third-order valence-corrected chi connectivity index (χ3v) is 3.62. The predicted octanol–water partition coefficient (Wildman–Crippen LogP) is 5.05. The standard InChI is InChI=1S/C19H19F2NO2/c1-4-22-17-10-12(2)16(9-13(17)3)18(23)11-14-5-7-15(8-6-14)24-19(20)21/h4-10,19H,11H2,1-3H3. The maximum absolute atomic E-state index is 12.5. The summed E-state index contributed by atoms with van der Waals surface area (Å²) in [5.74, 6) is 0.0557. The predicted molar refractivity (Wildman–Crippen MR) is 90.9 cm³/mol. The molecule has 0 heterocycles. The normalized spacial score (nSPS) is 11.2. The molecular weight excluding hydrogens is 312 g/mol. The van der Waals surface area contributed by atoms with E-state index in [9.17, 15) is 13.6 Å². The number of alkyl halides is 2. The second kappa shape index (κ2) is 7.81. The van der Waals surface area contributed by atoms with Crippen molar-refractivity contribution in [2.75, 3.05) is 0 Å². The van der Waals surface area contributed by atoms with Crippen molar-refractivity contribution in [3.05, 3.63) is 58.7 Å². The van der Waals surface area contributed by atoms with Crippen molar-refractivity contribution < 1.29 is 18.3 Å². The summed E-state index contributed by atoms with van der Waals surface area (Å²) in [4.78, 5) is 16.8. The lowest BCUT2D eigenvalue weighted by molar-refractivity contribution is -0.0498. The smallest absolute Gasteiger partial charge is 0.387 e. The first kappa shape index (κ1) is 17.8. The number of carbonyl (C=O) groups is 1. The minimum absolute atomic E-state index is 0.0230. The van der Waals surface area contributed by atoms with Gasteiger partial charge in [0.1, 0.15) is 5.75 Å². The second-order valence-corrected chi connectivity index (χ2v) is 5.46. The van der Waals surface area contributed by atoms with Crippen LogP contribution in [0.1, 0.15) is 34.0 Å². The average molecular weight is 331 g/mol. The minimum Gasteiger partial charge on any atom is -0.435 e. The summed E-state index contributed by atoms with van der Waals surface area (Å²) in [7, 11) is 0. The molecule has 0 radical (unpaired) electrons. The largest absolute Gasteiger partial charge is 0.435 e. The van der Waals surface area contributed by atoms with Crippen molar-refractivity contribution in [2.45, 2.75) is 33.8 Å². The van der Waals surface area contributed by atoms with Crippen molar-refractivity contribution in [1.82, 2.24) is 0 Å². The van der Waals surface area contributed by atoms with Crippen LogP contribution in [0.15, 0.2) is 41.4 Å². The highest BCUT2D eigenvalue weighted by Gasteiger charge is 2.13. The van der Waals surface area contributed by atoms with E-state index in [-0.39, 0.29) is 18.0 Å². The zero-order chi connectivity index (χ0) is 17.7. The highest BCUT2D eigenvalue weighted by atomic mass is 19.3. The molecule has 0 N–H and O–H groups in total. The first-order valence-corrected chi connectivity index (χ1v) is 7.57. The molecule has 2 rings (SSSR count). The number of ether oxygens (including phenoxy) is 1. The van der Waals surface area contributed by atoms with E-state index in [2.05, 4.69) is 9.73 Å². The van der Waals surface area contributed by atoms with Crippen molar-refractivity contribution >= 4 is 17.7 Å². The topological polar surface area (TPSA) is 38.7 Å². The van der Waals surface area contributed by atoms with Gasteiger partial charge >= 0.3 is 6.61 Å². The SMILES string of the molecule is CC=Nc1cc(C)c(C(=O)Cc2ccc(OC(F)F)cc2)cc1C. The monoisotopic (exact) mass is 331 g/mol. The average Bonchev–Trinajstić information content (AvgIpc) is 2.52. The van der Waals surface area contributed by atoms with Gasteiger partial charge in [-0.2, -0.15) is 8.78 Å². The van der Waals surface area contributed by atoms with Gasteiger partial charge in [0.15, 0.2) is 5.78 Å². The summed E-state index contributed by atoms with van der Waals surface area (Å²) in [6.45, 7) is 2.78. The number of hydrogen-bond acceptors (Lipinski definition) is 3. The van der Waals surface area contributed by atoms with Crippen LogP contribution in [0, 0.1) is 13.8 Å². The molecule has 5 heteroatoms. The maximum Gasteiger partial charge on any atom is 0.387 e. The van der Waals surface area contributed by atoms with Gasteiger partial charge in [-0.15, -0.1) is 0 Å². The van der Waals surface area contributed by atoms with Crippen molar-refractivity contribution in [3.8, 4) is 5.75 Å². The van der Waals surface area contributed by atoms with E-state index < -0.39 is 6.61 Å². The van der Waals surface area contributed by atoms with E-state index in [0.29, 0.717) is 5.56 Å². The number of aliphatic imine (C=N–C) groups is 1. The maximum atomic E-state index is 12.5. The molecule has 0 unspecified atom stereocenters. The Morgan fingerprint density at radius 3 is 2.42 bits per heavy atom. The van der Waals surface area contributed by atoms with Crippen molar-refractivity contribution in [2.24, 2.45) is 4.99 Å². The fraction of sp³-hybridized carbons (Fsp3) is 0.263. The molecule has 2 aromatic rings. The van der Waals surface area contributed by atoms with Crippen LogP contribution in [0.5, 0.6) is 5.75 Å². The van der Waals surface area contributed by atoms with Crippen LogP contribution in [0.4, 0.5) is 14.5 Å². The molecule has 24 heavy (non-hydrogen) atoms. The van der Waals surface area contributed by atoms with Gasteiger partial charge in [0.25, 0.3) is 0 Å². The first-order valence-electron chi connectivity index (χ1n) is 7.57. The van der Waals surface area contributed by atoms with Crippen LogP contribution in [-0.2, 0) is 6.42 Å². The van der Waals surface area contributed by atoms with E-state index in [0.717, 1.165) is 22.4 Å². The van der Waals surface area contributed by atoms with E-state index in [1.54, 1.807) is 18.3 Å². The number of hydrogen-bond donors (Lipinski definition) is 0. The molecule has 0 saturated carbocycles. The first-order chi connectivity index (χ1) is 11.4. The Balaban J connectivity index is 2.16. The van der Waals surface area contributed by atoms with Gasteiger partial charge in [-0.3, -0.25) is 9.79 Å². The lowest BCUT2D eigenvalue weighted by atomic mass is 9.96. The molecule has 0 aliphatic carbocycles. The lowest BCUT2D eigenvalue weighted by Crippen LogP contribution is -2.07. The number of benzene rings is 2. The number of nitrogens with zero attached hydrogens (tertiary/aromatic N) is 1. The van der Waals surface area contributed by atoms with Crippen LogP contribution in [-0.4, -0.2) is 18.6 Å². The van der Waals surface area contributed by atoms with E-state index in [1.807, 2.05) is 32.9 Å². The Labute approximate surface area is 140 Å². The van der Waals surface area contributed by atoms with Gasteiger partial charge in [-0.05, 0) is 61.7 Å². The highest BCUT2D eigenvalue weighted by molar-refractivity contribution is 5.99. The molecule has 0 spiro atoms. The Kier molecular flexibility index (Phi) is 5.79. The van der Waals surface area contributed by atoms with Crippen molar-refractivity contribution in [3.63, 3.8) is 0 Å². The van der Waals surface area contributed by atoms with Crippen LogP contribution < -0.4 is 4.74 Å². The number of halogens is 2. The summed E-state index contributed by atoms with van der Waals surface area (Å²) < 4.78 is 28.6. The van der Waals surface area contributed by atoms with Gasteiger partial charge in [0.2, 0.25) is 0 Å².